The number of aliphatic hydroxyl groups excluding tert-OH is 1. The third kappa shape index (κ3) is 2.76. The molecule has 1 saturated heterocycles. The van der Waals surface area contributed by atoms with E-state index in [9.17, 15) is 14.5 Å². The average Bonchev–Trinajstić information content (AvgIpc) is 2.27. The molecule has 1 aliphatic heterocycles. The molecule has 1 unspecified atom stereocenters. The van der Waals surface area contributed by atoms with E-state index >= 15 is 0 Å². The summed E-state index contributed by atoms with van der Waals surface area (Å²) in [7, 11) is -4.27. The molecule has 0 aromatic heterocycles. The van der Waals surface area contributed by atoms with Crippen LogP contribution in [0.4, 0.5) is 0 Å². The Morgan fingerprint density at radius 2 is 2.07 bits per heavy atom. The monoisotopic (exact) mass is 225 g/mol. The van der Waals surface area contributed by atoms with Crippen LogP contribution < -0.4 is 0 Å². The quantitative estimate of drug-likeness (QED) is 0.438. The lowest BCUT2D eigenvalue weighted by Gasteiger charge is -2.22. The van der Waals surface area contributed by atoms with Gasteiger partial charge < -0.3 is 20.0 Å². The van der Waals surface area contributed by atoms with Crippen LogP contribution in [0.15, 0.2) is 0 Å². The molecule has 0 radical (unpaired) electrons. The molecule has 82 valence electrons. The number of likely N-dealkylation sites (tertiary alicyclic amines) is 1. The second-order valence-electron chi connectivity index (χ2n) is 3.26. The van der Waals surface area contributed by atoms with Gasteiger partial charge in [-0.1, -0.05) is 0 Å². The highest BCUT2D eigenvalue weighted by atomic mass is 31.2. The van der Waals surface area contributed by atoms with E-state index in [2.05, 4.69) is 0 Å². The van der Waals surface area contributed by atoms with E-state index in [1.807, 2.05) is 0 Å². The molecular weight excluding hydrogens is 213 g/mol. The van der Waals surface area contributed by atoms with E-state index in [1.54, 1.807) is 0 Å². The van der Waals surface area contributed by atoms with Gasteiger partial charge in [0, 0.05) is 6.54 Å². The molecule has 8 heteroatoms. The van der Waals surface area contributed by atoms with Crippen LogP contribution in [0.1, 0.15) is 6.42 Å². The summed E-state index contributed by atoms with van der Waals surface area (Å²) in [5.74, 6) is -1.26. The van der Waals surface area contributed by atoms with Crippen LogP contribution in [-0.2, 0) is 9.36 Å². The van der Waals surface area contributed by atoms with Crippen molar-refractivity contribution in [2.24, 2.45) is 0 Å². The molecule has 7 nitrogen and oxygen atoms in total. The van der Waals surface area contributed by atoms with E-state index in [4.69, 9.17) is 14.9 Å². The zero-order chi connectivity index (χ0) is 10.9. The molecule has 0 bridgehead atoms. The molecule has 0 amide bonds. The maximum atomic E-state index is 10.7. The Balaban J connectivity index is 2.70. The Kier molecular flexibility index (Phi) is 3.28. The van der Waals surface area contributed by atoms with E-state index in [0.717, 1.165) is 4.90 Å². The minimum Gasteiger partial charge on any atom is -0.480 e. The van der Waals surface area contributed by atoms with Gasteiger partial charge >= 0.3 is 13.6 Å². The van der Waals surface area contributed by atoms with Gasteiger partial charge in [-0.3, -0.25) is 14.3 Å². The van der Waals surface area contributed by atoms with Crippen LogP contribution in [0.5, 0.6) is 0 Å². The number of hydrogen-bond donors (Lipinski definition) is 4. The van der Waals surface area contributed by atoms with E-state index in [0.29, 0.717) is 0 Å². The third-order valence-corrected chi connectivity index (χ3v) is 2.82. The maximum absolute atomic E-state index is 10.7. The molecule has 0 spiro atoms. The molecular formula is C6H12NO6P. The van der Waals surface area contributed by atoms with Crippen molar-refractivity contribution < 1.29 is 29.4 Å². The number of hydrogen-bond acceptors (Lipinski definition) is 4. The summed E-state index contributed by atoms with van der Waals surface area (Å²) < 4.78 is 10.6. The summed E-state index contributed by atoms with van der Waals surface area (Å²) >= 11 is 0. The molecule has 1 fully saturated rings. The molecule has 0 aliphatic carbocycles. The van der Waals surface area contributed by atoms with Crippen LogP contribution in [0.3, 0.4) is 0 Å². The van der Waals surface area contributed by atoms with Crippen molar-refractivity contribution in [1.29, 1.82) is 0 Å². The normalized spacial score (nSPS) is 29.4. The number of rotatable bonds is 3. The van der Waals surface area contributed by atoms with Gasteiger partial charge in [0.2, 0.25) is 0 Å². The van der Waals surface area contributed by atoms with Gasteiger partial charge in [0.25, 0.3) is 0 Å². The van der Waals surface area contributed by atoms with Crippen molar-refractivity contribution in [3.8, 4) is 0 Å². The number of aliphatic hydroxyl groups is 1. The van der Waals surface area contributed by atoms with Gasteiger partial charge in [-0.05, 0) is 6.42 Å². The molecule has 1 rings (SSSR count). The highest BCUT2D eigenvalue weighted by Gasteiger charge is 2.40. The number of nitrogens with zero attached hydrogens (tertiary/aromatic N) is 1. The first-order valence-electron chi connectivity index (χ1n) is 4.01. The topological polar surface area (TPSA) is 118 Å². The van der Waals surface area contributed by atoms with Gasteiger partial charge in [0.05, 0.1) is 6.10 Å². The summed E-state index contributed by atoms with van der Waals surface area (Å²) in [4.78, 5) is 29.1. The lowest BCUT2D eigenvalue weighted by Crippen LogP contribution is -2.42. The molecule has 0 aromatic rings. The largest absolute Gasteiger partial charge is 0.480 e. The summed E-state index contributed by atoms with van der Waals surface area (Å²) in [5.41, 5.74) is 0. The Bertz CT molecular complexity index is 275. The van der Waals surface area contributed by atoms with E-state index < -0.39 is 32.0 Å². The first kappa shape index (κ1) is 11.6. The van der Waals surface area contributed by atoms with Crippen LogP contribution in [0.2, 0.25) is 0 Å². The number of carboxylic acid groups (broad SMARTS) is 1. The molecule has 0 aromatic carbocycles. The van der Waals surface area contributed by atoms with Crippen LogP contribution in [0, 0.1) is 0 Å². The molecule has 14 heavy (non-hydrogen) atoms. The van der Waals surface area contributed by atoms with Gasteiger partial charge in [0.15, 0.2) is 0 Å². The fraction of sp³-hybridized carbons (Fsp3) is 0.833. The van der Waals surface area contributed by atoms with Crippen LogP contribution in [0.25, 0.3) is 0 Å². The second kappa shape index (κ2) is 3.96. The van der Waals surface area contributed by atoms with Crippen LogP contribution >= 0.6 is 7.60 Å². The molecule has 1 aliphatic rings. The minimum absolute atomic E-state index is 0.184. The van der Waals surface area contributed by atoms with Crippen molar-refractivity contribution in [2.45, 2.75) is 18.6 Å². The zero-order valence-electron chi connectivity index (χ0n) is 7.28. The third-order valence-electron chi connectivity index (χ3n) is 2.09. The summed E-state index contributed by atoms with van der Waals surface area (Å²) in [5, 5.41) is 17.9. The molecule has 4 N–H and O–H groups in total. The first-order chi connectivity index (χ1) is 6.31. The second-order valence-corrected chi connectivity index (χ2v) is 4.87. The first-order valence-corrected chi connectivity index (χ1v) is 5.80. The molecule has 2 atom stereocenters. The SMILES string of the molecule is O=C(O)[C@@H]1C(O)CCN1CP(=O)(O)O. The zero-order valence-corrected chi connectivity index (χ0v) is 8.17. The van der Waals surface area contributed by atoms with Gasteiger partial charge in [-0.15, -0.1) is 0 Å². The highest BCUT2D eigenvalue weighted by molar-refractivity contribution is 7.51. The smallest absolute Gasteiger partial charge is 0.339 e. The van der Waals surface area contributed by atoms with Crippen molar-refractivity contribution in [2.75, 3.05) is 12.8 Å². The number of aliphatic carboxylic acids is 1. The van der Waals surface area contributed by atoms with Crippen molar-refractivity contribution in [1.82, 2.24) is 4.90 Å². The van der Waals surface area contributed by atoms with Gasteiger partial charge in [0.1, 0.15) is 12.3 Å². The van der Waals surface area contributed by atoms with Crippen LogP contribution in [-0.4, -0.2) is 55.8 Å². The Hall–Kier alpha value is -0.460. The molecule has 0 saturated carbocycles. The Morgan fingerprint density at radius 1 is 1.50 bits per heavy atom. The summed E-state index contributed by atoms with van der Waals surface area (Å²) in [6, 6.07) is -1.21. The van der Waals surface area contributed by atoms with Crippen molar-refractivity contribution >= 4 is 13.6 Å². The Labute approximate surface area is 80.1 Å². The summed E-state index contributed by atoms with van der Waals surface area (Å²) in [6.45, 7) is 0.184. The Morgan fingerprint density at radius 3 is 2.50 bits per heavy atom. The molecule has 1 heterocycles. The lowest BCUT2D eigenvalue weighted by molar-refractivity contribution is -0.144. The number of carboxylic acids is 1. The predicted octanol–water partition coefficient (Wildman–Crippen LogP) is -1.36. The predicted molar refractivity (Wildman–Crippen MR) is 45.7 cm³/mol. The van der Waals surface area contributed by atoms with Gasteiger partial charge in [-0.25, -0.2) is 0 Å². The fourth-order valence-corrected chi connectivity index (χ4v) is 2.35. The number of carbonyl (C=O) groups is 1. The van der Waals surface area contributed by atoms with Crippen molar-refractivity contribution in [3.05, 3.63) is 0 Å². The van der Waals surface area contributed by atoms with E-state index in [-0.39, 0.29) is 13.0 Å². The standard InChI is InChI=1S/C6H12NO6P/c8-4-1-2-7(3-14(11,12)13)5(4)6(9)10/h4-5,8H,1-3H2,(H,9,10)(H2,11,12,13)/t4?,5-/m0/s1. The average molecular weight is 225 g/mol. The minimum atomic E-state index is -4.27. The van der Waals surface area contributed by atoms with Crippen molar-refractivity contribution in [3.63, 3.8) is 0 Å². The fourth-order valence-electron chi connectivity index (χ4n) is 1.55. The summed E-state index contributed by atoms with van der Waals surface area (Å²) in [6.07, 6.45) is -1.46. The lowest BCUT2D eigenvalue weighted by atomic mass is 10.2. The maximum Gasteiger partial charge on any atom is 0.339 e. The van der Waals surface area contributed by atoms with Gasteiger partial charge in [-0.2, -0.15) is 0 Å². The highest BCUT2D eigenvalue weighted by Crippen LogP contribution is 2.37. The van der Waals surface area contributed by atoms with E-state index in [1.165, 1.54) is 0 Å².